The number of benzene rings is 1. The van der Waals surface area contributed by atoms with Crippen LogP contribution >= 0.6 is 0 Å². The molecular weight excluding hydrogens is 179 g/mol. The lowest BCUT2D eigenvalue weighted by Crippen LogP contribution is -2.38. The molecule has 2 rings (SSSR count). The molecular formula is C9H7BN2O2. The molecule has 2 aromatic rings. The van der Waals surface area contributed by atoms with E-state index >= 15 is 0 Å². The molecule has 4 nitrogen and oxygen atoms in total. The van der Waals surface area contributed by atoms with Gasteiger partial charge in [0.15, 0.2) is 0 Å². The Hall–Kier alpha value is -1.78. The molecule has 14 heavy (non-hydrogen) atoms. The van der Waals surface area contributed by atoms with Crippen molar-refractivity contribution in [3.63, 3.8) is 0 Å². The third-order valence-electron chi connectivity index (χ3n) is 2.21. The number of hydrogen-bond acceptors (Lipinski definition) is 2. The van der Waals surface area contributed by atoms with Crippen LogP contribution in [0.4, 0.5) is 0 Å². The zero-order valence-corrected chi connectivity index (χ0v) is 7.60. The van der Waals surface area contributed by atoms with Crippen LogP contribution < -0.4 is 11.2 Å². The van der Waals surface area contributed by atoms with Gasteiger partial charge in [-0.15, -0.1) is 0 Å². The van der Waals surface area contributed by atoms with E-state index in [0.717, 1.165) is 0 Å². The van der Waals surface area contributed by atoms with Gasteiger partial charge in [0.25, 0.3) is 5.56 Å². The fourth-order valence-corrected chi connectivity index (χ4v) is 1.43. The third kappa shape index (κ3) is 1.02. The molecule has 0 N–H and O–H groups in total. The van der Waals surface area contributed by atoms with Crippen LogP contribution in [0.25, 0.3) is 10.9 Å². The fourth-order valence-electron chi connectivity index (χ4n) is 1.43. The smallest absolute Gasteiger partial charge is 0.317 e. The Balaban J connectivity index is 3.19. The van der Waals surface area contributed by atoms with E-state index in [2.05, 4.69) is 0 Å². The third-order valence-corrected chi connectivity index (χ3v) is 2.21. The van der Waals surface area contributed by atoms with Gasteiger partial charge in [0, 0.05) is 7.05 Å². The lowest BCUT2D eigenvalue weighted by atomic mass is 10.2. The molecule has 1 aromatic heterocycles. The number of nitrogens with zero attached hydrogens (tertiary/aromatic N) is 2. The molecule has 68 valence electrons. The predicted octanol–water partition coefficient (Wildman–Crippen LogP) is -0.368. The number of rotatable bonds is 0. The van der Waals surface area contributed by atoms with Crippen LogP contribution in [0.5, 0.6) is 0 Å². The summed E-state index contributed by atoms with van der Waals surface area (Å²) in [5, 5.41) is 0.442. The van der Waals surface area contributed by atoms with Gasteiger partial charge in [0.1, 0.15) is 0 Å². The van der Waals surface area contributed by atoms with Gasteiger partial charge in [-0.3, -0.25) is 9.36 Å². The molecule has 0 saturated carbocycles. The number of fused-ring (bicyclic) bond motifs is 1. The van der Waals surface area contributed by atoms with E-state index in [-0.39, 0.29) is 0 Å². The van der Waals surface area contributed by atoms with Crippen molar-refractivity contribution in [2.45, 2.75) is 0 Å². The van der Waals surface area contributed by atoms with Gasteiger partial charge >= 0.3 is 5.69 Å². The fraction of sp³-hybridized carbons (Fsp3) is 0.111. The highest BCUT2D eigenvalue weighted by Crippen LogP contribution is 2.04. The summed E-state index contributed by atoms with van der Waals surface area (Å²) in [6, 6.07) is 6.84. The van der Waals surface area contributed by atoms with Crippen LogP contribution in [0, 0.1) is 0 Å². The van der Waals surface area contributed by atoms with Gasteiger partial charge < -0.3 is 4.48 Å². The molecule has 0 atom stereocenters. The molecule has 0 aliphatic rings. The highest BCUT2D eigenvalue weighted by atomic mass is 16.2. The molecule has 5 heteroatoms. The minimum Gasteiger partial charge on any atom is -0.318 e. The second-order valence-electron chi connectivity index (χ2n) is 3.03. The summed E-state index contributed by atoms with van der Waals surface area (Å²) >= 11 is 0. The Kier molecular flexibility index (Phi) is 1.80. The Labute approximate surface area is 80.8 Å². The maximum atomic E-state index is 11.5. The Morgan fingerprint density at radius 3 is 2.57 bits per heavy atom. The van der Waals surface area contributed by atoms with Crippen LogP contribution in [0.2, 0.25) is 0 Å². The number of hydrogen-bond donors (Lipinski definition) is 0. The number of aryl methyl sites for hydroxylation is 1. The van der Waals surface area contributed by atoms with E-state index in [1.807, 2.05) is 0 Å². The molecule has 0 bridgehead atoms. The van der Waals surface area contributed by atoms with Gasteiger partial charge in [0.2, 0.25) is 7.98 Å². The first-order valence-electron chi connectivity index (χ1n) is 4.09. The summed E-state index contributed by atoms with van der Waals surface area (Å²) in [4.78, 5) is 22.9. The summed E-state index contributed by atoms with van der Waals surface area (Å²) in [5.74, 6) is 0. The van der Waals surface area contributed by atoms with Crippen molar-refractivity contribution in [3.8, 4) is 0 Å². The van der Waals surface area contributed by atoms with Gasteiger partial charge in [-0.25, -0.2) is 4.79 Å². The molecule has 0 amide bonds. The molecule has 1 heterocycles. The molecule has 0 unspecified atom stereocenters. The Bertz CT molecular complexity index is 612. The van der Waals surface area contributed by atoms with Gasteiger partial charge in [0.05, 0.1) is 10.9 Å². The van der Waals surface area contributed by atoms with E-state index in [9.17, 15) is 9.59 Å². The number of para-hydroxylation sites is 1. The van der Waals surface area contributed by atoms with Crippen LogP contribution in [0.1, 0.15) is 0 Å². The first-order chi connectivity index (χ1) is 6.63. The molecule has 2 radical (unpaired) electrons. The minimum atomic E-state index is -0.520. The maximum absolute atomic E-state index is 11.5. The zero-order valence-electron chi connectivity index (χ0n) is 7.60. The predicted molar refractivity (Wildman–Crippen MR) is 54.6 cm³/mol. The maximum Gasteiger partial charge on any atom is 0.317 e. The van der Waals surface area contributed by atoms with Crippen molar-refractivity contribution in [1.29, 1.82) is 0 Å². The lowest BCUT2D eigenvalue weighted by Gasteiger charge is -2.06. The second-order valence-corrected chi connectivity index (χ2v) is 3.03. The summed E-state index contributed by atoms with van der Waals surface area (Å²) < 4.78 is 1.96. The van der Waals surface area contributed by atoms with E-state index in [0.29, 0.717) is 15.4 Å². The van der Waals surface area contributed by atoms with E-state index in [1.165, 1.54) is 4.57 Å². The SMILES string of the molecule is [B]n1c(=O)c2ccccc2n(C)c1=O. The van der Waals surface area contributed by atoms with E-state index < -0.39 is 11.2 Å². The standard InChI is InChI=1S/C9H7BN2O2/c1-11-7-5-3-2-4-6(7)8(13)12(10)9(11)14/h2-5H,1H3. The van der Waals surface area contributed by atoms with Crippen LogP contribution in [0.3, 0.4) is 0 Å². The first-order valence-corrected chi connectivity index (χ1v) is 4.09. The van der Waals surface area contributed by atoms with Crippen LogP contribution in [0.15, 0.2) is 33.9 Å². The second kappa shape index (κ2) is 2.87. The van der Waals surface area contributed by atoms with Crippen molar-refractivity contribution < 1.29 is 0 Å². The highest BCUT2D eigenvalue weighted by molar-refractivity contribution is 6.06. The van der Waals surface area contributed by atoms with Crippen molar-refractivity contribution in [1.82, 2.24) is 9.05 Å². The van der Waals surface area contributed by atoms with Crippen molar-refractivity contribution >= 4 is 18.9 Å². The van der Waals surface area contributed by atoms with Gasteiger partial charge in [-0.2, -0.15) is 0 Å². The number of aromatic nitrogens is 2. The molecule has 0 aliphatic heterocycles. The summed E-state index contributed by atoms with van der Waals surface area (Å²) in [5.41, 5.74) is -0.401. The average Bonchev–Trinajstić information content (AvgIpc) is 2.23. The van der Waals surface area contributed by atoms with E-state index in [4.69, 9.17) is 7.98 Å². The summed E-state index contributed by atoms with van der Waals surface area (Å²) in [7, 11) is 6.90. The van der Waals surface area contributed by atoms with E-state index in [1.54, 1.807) is 31.3 Å². The summed E-state index contributed by atoms with van der Waals surface area (Å²) in [6.07, 6.45) is 0. The van der Waals surface area contributed by atoms with Crippen molar-refractivity contribution in [2.75, 3.05) is 0 Å². The molecule has 0 saturated heterocycles. The quantitative estimate of drug-likeness (QED) is 0.527. The average molecular weight is 186 g/mol. The summed E-state index contributed by atoms with van der Waals surface area (Å²) in [6.45, 7) is 0. The monoisotopic (exact) mass is 186 g/mol. The Morgan fingerprint density at radius 1 is 1.21 bits per heavy atom. The zero-order chi connectivity index (χ0) is 10.3. The van der Waals surface area contributed by atoms with Crippen molar-refractivity contribution in [3.05, 3.63) is 45.1 Å². The largest absolute Gasteiger partial charge is 0.318 e. The van der Waals surface area contributed by atoms with Crippen LogP contribution in [-0.4, -0.2) is 17.0 Å². The molecule has 1 aromatic carbocycles. The molecule has 0 aliphatic carbocycles. The Morgan fingerprint density at radius 2 is 1.86 bits per heavy atom. The topological polar surface area (TPSA) is 44.0 Å². The van der Waals surface area contributed by atoms with Gasteiger partial charge in [-0.05, 0) is 12.1 Å². The van der Waals surface area contributed by atoms with Crippen LogP contribution in [-0.2, 0) is 7.05 Å². The molecule has 0 fully saturated rings. The lowest BCUT2D eigenvalue weighted by molar-refractivity contribution is 0.814. The van der Waals surface area contributed by atoms with Gasteiger partial charge in [-0.1, -0.05) is 12.1 Å². The first kappa shape index (κ1) is 8.81. The minimum absolute atomic E-state index is 0.442. The highest BCUT2D eigenvalue weighted by Gasteiger charge is 2.05. The molecule has 0 spiro atoms. The van der Waals surface area contributed by atoms with Crippen molar-refractivity contribution in [2.24, 2.45) is 7.05 Å². The normalized spacial score (nSPS) is 10.6.